The summed E-state index contributed by atoms with van der Waals surface area (Å²) in [7, 11) is 3.88. The molecule has 2 atom stereocenters. The van der Waals surface area contributed by atoms with Crippen molar-refractivity contribution in [2.24, 2.45) is 5.92 Å². The number of nitrogens with one attached hydrogen (secondary N) is 2. The highest BCUT2D eigenvalue weighted by Crippen LogP contribution is 2.22. The van der Waals surface area contributed by atoms with Crippen LogP contribution in [0, 0.1) is 5.92 Å². The van der Waals surface area contributed by atoms with Gasteiger partial charge in [-0.2, -0.15) is 5.10 Å². The minimum Gasteiger partial charge on any atom is -0.388 e. The van der Waals surface area contributed by atoms with Gasteiger partial charge in [0.25, 0.3) is 0 Å². The van der Waals surface area contributed by atoms with Gasteiger partial charge in [-0.25, -0.2) is 14.5 Å². The second-order valence-electron chi connectivity index (χ2n) is 7.04. The van der Waals surface area contributed by atoms with Gasteiger partial charge < -0.3 is 20.6 Å². The lowest BCUT2D eigenvalue weighted by Crippen LogP contribution is -2.39. The van der Waals surface area contributed by atoms with E-state index in [0.717, 1.165) is 5.56 Å². The van der Waals surface area contributed by atoms with Crippen LogP contribution in [-0.4, -0.2) is 58.0 Å². The normalized spacial score (nSPS) is 13.1. The Bertz CT molecular complexity index is 899. The second-order valence-corrected chi connectivity index (χ2v) is 7.04. The Morgan fingerprint density at radius 3 is 2.62 bits per heavy atom. The first-order chi connectivity index (χ1) is 14.0. The van der Waals surface area contributed by atoms with Gasteiger partial charge in [0.2, 0.25) is 0 Å². The topological polar surface area (TPSA) is 95.3 Å². The molecule has 8 nitrogen and oxygen atoms in total. The number of nitrogens with zero attached hydrogens (tertiary/aromatic N) is 4. The van der Waals surface area contributed by atoms with Crippen molar-refractivity contribution in [3.63, 3.8) is 0 Å². The summed E-state index contributed by atoms with van der Waals surface area (Å²) in [5.41, 5.74) is 1.37. The maximum atomic E-state index is 12.5. The summed E-state index contributed by atoms with van der Waals surface area (Å²) in [6.45, 7) is 0.944. The fraction of sp³-hybridized carbons (Fsp3) is 0.286. The molecule has 3 aromatic rings. The van der Waals surface area contributed by atoms with E-state index in [2.05, 4.69) is 20.7 Å². The number of carbonyl (C=O) groups is 1. The van der Waals surface area contributed by atoms with Crippen LogP contribution in [0.3, 0.4) is 0 Å². The molecule has 0 aliphatic carbocycles. The molecule has 0 bridgehead atoms. The molecular formula is C21H26N6O2. The Morgan fingerprint density at radius 1 is 1.14 bits per heavy atom. The van der Waals surface area contributed by atoms with Crippen molar-refractivity contribution in [1.29, 1.82) is 0 Å². The zero-order valence-electron chi connectivity index (χ0n) is 16.6. The summed E-state index contributed by atoms with van der Waals surface area (Å²) in [6, 6.07) is 14.4. The second kappa shape index (κ2) is 9.81. The minimum absolute atomic E-state index is 0.169. The van der Waals surface area contributed by atoms with E-state index in [1.165, 1.54) is 0 Å². The van der Waals surface area contributed by atoms with Gasteiger partial charge in [-0.1, -0.05) is 30.3 Å². The molecule has 0 saturated carbocycles. The first-order valence-corrected chi connectivity index (χ1v) is 9.42. The van der Waals surface area contributed by atoms with Gasteiger partial charge in [-0.05, 0) is 37.9 Å². The van der Waals surface area contributed by atoms with Crippen LogP contribution in [0.2, 0.25) is 0 Å². The predicted octanol–water partition coefficient (Wildman–Crippen LogP) is 2.30. The zero-order chi connectivity index (χ0) is 20.6. The largest absolute Gasteiger partial charge is 0.388 e. The van der Waals surface area contributed by atoms with Gasteiger partial charge in [-0.3, -0.25) is 0 Å². The molecule has 0 unspecified atom stereocenters. The van der Waals surface area contributed by atoms with Crippen molar-refractivity contribution in [2.75, 3.05) is 32.5 Å². The molecule has 2 heterocycles. The molecule has 29 heavy (non-hydrogen) atoms. The van der Waals surface area contributed by atoms with Crippen LogP contribution in [0.25, 0.3) is 5.82 Å². The predicted molar refractivity (Wildman–Crippen MR) is 112 cm³/mol. The quantitative estimate of drug-likeness (QED) is 0.545. The number of hydrogen-bond acceptors (Lipinski definition) is 5. The molecule has 8 heteroatoms. The number of aromatic nitrogens is 3. The van der Waals surface area contributed by atoms with Gasteiger partial charge in [0.15, 0.2) is 5.82 Å². The number of amides is 2. The van der Waals surface area contributed by atoms with Gasteiger partial charge in [0, 0.05) is 37.6 Å². The third-order valence-electron chi connectivity index (χ3n) is 4.47. The first kappa shape index (κ1) is 20.5. The van der Waals surface area contributed by atoms with Crippen LogP contribution in [0.4, 0.5) is 10.5 Å². The fourth-order valence-electron chi connectivity index (χ4n) is 3.13. The van der Waals surface area contributed by atoms with E-state index < -0.39 is 6.10 Å². The van der Waals surface area contributed by atoms with E-state index in [-0.39, 0.29) is 11.9 Å². The number of rotatable bonds is 8. The van der Waals surface area contributed by atoms with E-state index in [9.17, 15) is 9.90 Å². The number of carbonyl (C=O) groups excluding carboxylic acids is 1. The molecule has 2 amide bonds. The lowest BCUT2D eigenvalue weighted by Gasteiger charge is -2.26. The molecule has 0 radical (unpaired) electrons. The Balaban J connectivity index is 1.65. The maximum absolute atomic E-state index is 12.5. The van der Waals surface area contributed by atoms with E-state index in [1.54, 1.807) is 41.5 Å². The third-order valence-corrected chi connectivity index (χ3v) is 4.47. The van der Waals surface area contributed by atoms with Crippen LogP contribution < -0.4 is 10.6 Å². The third kappa shape index (κ3) is 5.63. The number of pyridine rings is 1. The molecule has 0 spiro atoms. The summed E-state index contributed by atoms with van der Waals surface area (Å²) in [5, 5.41) is 20.6. The lowest BCUT2D eigenvalue weighted by molar-refractivity contribution is 0.0911. The van der Waals surface area contributed by atoms with Crippen LogP contribution in [-0.2, 0) is 0 Å². The van der Waals surface area contributed by atoms with Crippen molar-refractivity contribution < 1.29 is 9.90 Å². The van der Waals surface area contributed by atoms with Gasteiger partial charge in [0.05, 0.1) is 11.8 Å². The molecule has 3 rings (SSSR count). The molecule has 2 aromatic heterocycles. The summed E-state index contributed by atoms with van der Waals surface area (Å²) in [5.74, 6) is 0.361. The Kier molecular flexibility index (Phi) is 6.94. The molecule has 0 aliphatic rings. The van der Waals surface area contributed by atoms with Crippen molar-refractivity contribution in [3.05, 3.63) is 72.7 Å². The highest BCUT2D eigenvalue weighted by atomic mass is 16.3. The van der Waals surface area contributed by atoms with E-state index in [1.807, 2.05) is 49.3 Å². The highest BCUT2D eigenvalue weighted by molar-refractivity contribution is 5.90. The van der Waals surface area contributed by atoms with Crippen molar-refractivity contribution >= 4 is 11.7 Å². The lowest BCUT2D eigenvalue weighted by atomic mass is 9.95. The summed E-state index contributed by atoms with van der Waals surface area (Å²) < 4.78 is 1.59. The van der Waals surface area contributed by atoms with Crippen molar-refractivity contribution in [2.45, 2.75) is 6.10 Å². The Hall–Kier alpha value is -3.23. The molecule has 0 fully saturated rings. The van der Waals surface area contributed by atoms with E-state index in [0.29, 0.717) is 24.6 Å². The smallest absolute Gasteiger partial charge is 0.319 e. The molecule has 0 saturated heterocycles. The van der Waals surface area contributed by atoms with Gasteiger partial charge >= 0.3 is 6.03 Å². The summed E-state index contributed by atoms with van der Waals surface area (Å²) in [4.78, 5) is 18.8. The number of anilines is 1. The average Bonchev–Trinajstić information content (AvgIpc) is 3.26. The van der Waals surface area contributed by atoms with Crippen LogP contribution in [0.15, 0.2) is 67.1 Å². The van der Waals surface area contributed by atoms with Gasteiger partial charge in [-0.15, -0.1) is 0 Å². The molecule has 152 valence electrons. The zero-order valence-corrected chi connectivity index (χ0v) is 16.6. The maximum Gasteiger partial charge on any atom is 0.319 e. The van der Waals surface area contributed by atoms with E-state index >= 15 is 0 Å². The molecule has 1 aromatic carbocycles. The average molecular weight is 394 g/mol. The first-order valence-electron chi connectivity index (χ1n) is 9.42. The van der Waals surface area contributed by atoms with E-state index in [4.69, 9.17) is 0 Å². The molecule has 3 N–H and O–H groups in total. The Morgan fingerprint density at radius 2 is 1.93 bits per heavy atom. The molecular weight excluding hydrogens is 368 g/mol. The van der Waals surface area contributed by atoms with Crippen LogP contribution in [0.1, 0.15) is 11.7 Å². The standard InChI is InChI=1S/C21H26N6O2/c1-26(2)15-17(19(28)16-8-4-3-5-9-16)14-23-21(29)25-18-10-6-11-22-20(18)27-13-7-12-24-27/h3-13,17,19,28H,14-15H2,1-2H3,(H2,23,25,29)/t17-,19-/m0/s1. The summed E-state index contributed by atoms with van der Waals surface area (Å²) >= 11 is 0. The number of benzene rings is 1. The number of aliphatic hydroxyl groups excluding tert-OH is 1. The fourth-order valence-corrected chi connectivity index (χ4v) is 3.13. The SMILES string of the molecule is CN(C)C[C@H](CNC(=O)Nc1cccnc1-n1cccn1)[C@@H](O)c1ccccc1. The van der Waals surface area contributed by atoms with Crippen molar-refractivity contribution in [3.8, 4) is 5.82 Å². The van der Waals surface area contributed by atoms with Crippen LogP contribution >= 0.6 is 0 Å². The summed E-state index contributed by atoms with van der Waals surface area (Å²) in [6.07, 6.45) is 4.37. The number of hydrogen-bond donors (Lipinski definition) is 3. The van der Waals surface area contributed by atoms with Crippen molar-refractivity contribution in [1.82, 2.24) is 25.0 Å². The minimum atomic E-state index is -0.683. The van der Waals surface area contributed by atoms with Crippen LogP contribution in [0.5, 0.6) is 0 Å². The molecule has 0 aliphatic heterocycles. The Labute approximate surface area is 170 Å². The highest BCUT2D eigenvalue weighted by Gasteiger charge is 2.22. The van der Waals surface area contributed by atoms with Gasteiger partial charge in [0.1, 0.15) is 0 Å². The number of urea groups is 1. The monoisotopic (exact) mass is 394 g/mol. The number of aliphatic hydroxyl groups is 1.